The zero-order chi connectivity index (χ0) is 23.3. The maximum absolute atomic E-state index is 13.0. The Labute approximate surface area is 190 Å². The summed E-state index contributed by atoms with van der Waals surface area (Å²) in [5, 5.41) is 0. The van der Waals surface area contributed by atoms with Crippen molar-refractivity contribution >= 4 is 11.7 Å². The number of amides is 1. The van der Waals surface area contributed by atoms with Crippen LogP contribution in [0.5, 0.6) is 5.75 Å². The highest BCUT2D eigenvalue weighted by atomic mass is 19.4. The van der Waals surface area contributed by atoms with Crippen molar-refractivity contribution in [2.45, 2.75) is 19.2 Å². The lowest BCUT2D eigenvalue weighted by atomic mass is 10.2. The van der Waals surface area contributed by atoms with Crippen LogP contribution in [0, 0.1) is 0 Å². The minimum absolute atomic E-state index is 0.0770. The number of nitrogens with zero attached hydrogens (tertiary/aromatic N) is 3. The van der Waals surface area contributed by atoms with E-state index in [1.165, 1.54) is 6.07 Å². The molecule has 172 valence electrons. The number of rotatable bonds is 5. The second kappa shape index (κ2) is 9.94. The lowest BCUT2D eigenvalue weighted by molar-refractivity contribution is -0.137. The third kappa shape index (κ3) is 5.83. The highest BCUT2D eigenvalue weighted by Gasteiger charge is 2.31. The summed E-state index contributed by atoms with van der Waals surface area (Å²) in [6, 6.07) is 19.3. The molecule has 0 aliphatic carbocycles. The van der Waals surface area contributed by atoms with Crippen molar-refractivity contribution in [3.8, 4) is 5.75 Å². The van der Waals surface area contributed by atoms with E-state index in [1.54, 1.807) is 29.2 Å². The van der Waals surface area contributed by atoms with Gasteiger partial charge in [0.2, 0.25) is 0 Å². The molecule has 1 aliphatic heterocycles. The number of ether oxygens (including phenoxy) is 1. The monoisotopic (exact) mass is 455 g/mol. The first kappa shape index (κ1) is 22.6. The van der Waals surface area contributed by atoms with E-state index < -0.39 is 11.7 Å². The van der Waals surface area contributed by atoms with Crippen LogP contribution in [-0.2, 0) is 12.8 Å². The summed E-state index contributed by atoms with van der Waals surface area (Å²) in [5.74, 6) is 1.09. The van der Waals surface area contributed by atoms with E-state index in [4.69, 9.17) is 4.74 Å². The Morgan fingerprint density at radius 3 is 2.33 bits per heavy atom. The van der Waals surface area contributed by atoms with Gasteiger partial charge in [-0.15, -0.1) is 0 Å². The minimum atomic E-state index is -4.41. The number of pyridine rings is 1. The number of carbonyl (C=O) groups is 1. The van der Waals surface area contributed by atoms with Crippen molar-refractivity contribution in [3.05, 3.63) is 89.6 Å². The van der Waals surface area contributed by atoms with Crippen LogP contribution < -0.4 is 9.64 Å². The highest BCUT2D eigenvalue weighted by molar-refractivity contribution is 5.94. The van der Waals surface area contributed by atoms with Crippen LogP contribution in [-0.4, -0.2) is 42.0 Å². The third-order valence-electron chi connectivity index (χ3n) is 5.53. The van der Waals surface area contributed by atoms with E-state index in [9.17, 15) is 18.0 Å². The fourth-order valence-electron chi connectivity index (χ4n) is 3.71. The van der Waals surface area contributed by atoms with Gasteiger partial charge < -0.3 is 14.5 Å². The van der Waals surface area contributed by atoms with Crippen molar-refractivity contribution < 1.29 is 22.7 Å². The summed E-state index contributed by atoms with van der Waals surface area (Å²) in [6.07, 6.45) is -2.85. The molecule has 33 heavy (non-hydrogen) atoms. The van der Waals surface area contributed by atoms with Gasteiger partial charge in [-0.05, 0) is 48.4 Å². The van der Waals surface area contributed by atoms with E-state index in [0.717, 1.165) is 17.8 Å². The normalized spacial score (nSPS) is 14.6. The molecule has 0 radical (unpaired) electrons. The van der Waals surface area contributed by atoms with E-state index in [2.05, 4.69) is 4.98 Å². The first-order chi connectivity index (χ1) is 15.9. The van der Waals surface area contributed by atoms with Crippen LogP contribution in [0.4, 0.5) is 19.0 Å². The summed E-state index contributed by atoms with van der Waals surface area (Å²) in [6.45, 7) is 2.61. The first-order valence-electron chi connectivity index (χ1n) is 10.7. The third-order valence-corrected chi connectivity index (χ3v) is 5.53. The number of hydrogen-bond acceptors (Lipinski definition) is 4. The van der Waals surface area contributed by atoms with E-state index in [1.807, 2.05) is 35.2 Å². The predicted octanol–water partition coefficient (Wildman–Crippen LogP) is 5.03. The molecule has 5 nitrogen and oxygen atoms in total. The van der Waals surface area contributed by atoms with Gasteiger partial charge in [-0.25, -0.2) is 4.98 Å². The number of benzene rings is 2. The Hall–Kier alpha value is -3.55. The zero-order valence-corrected chi connectivity index (χ0v) is 18.0. The number of alkyl halides is 3. The van der Waals surface area contributed by atoms with Crippen LogP contribution >= 0.6 is 0 Å². The topological polar surface area (TPSA) is 45.7 Å². The molecule has 3 aromatic rings. The maximum Gasteiger partial charge on any atom is 0.417 e. The molecule has 0 N–H and O–H groups in total. The number of carbonyl (C=O) groups excluding carboxylic acids is 1. The van der Waals surface area contributed by atoms with Crippen LogP contribution in [0.15, 0.2) is 72.9 Å². The second-order valence-corrected chi connectivity index (χ2v) is 7.83. The smallest absolute Gasteiger partial charge is 0.417 e. The molecule has 0 saturated carbocycles. The zero-order valence-electron chi connectivity index (χ0n) is 18.0. The quantitative estimate of drug-likeness (QED) is 0.541. The highest BCUT2D eigenvalue weighted by Crippen LogP contribution is 2.29. The summed E-state index contributed by atoms with van der Waals surface area (Å²) < 4.78 is 44.1. The van der Waals surface area contributed by atoms with Gasteiger partial charge in [-0.2, -0.15) is 13.2 Å². The van der Waals surface area contributed by atoms with Crippen molar-refractivity contribution in [3.63, 3.8) is 0 Å². The lowest BCUT2D eigenvalue weighted by Gasteiger charge is -2.23. The van der Waals surface area contributed by atoms with Crippen LogP contribution in [0.1, 0.15) is 27.9 Å². The molecular weight excluding hydrogens is 431 g/mol. The summed E-state index contributed by atoms with van der Waals surface area (Å²) in [5.41, 5.74) is 0.867. The molecule has 1 amide bonds. The van der Waals surface area contributed by atoms with Gasteiger partial charge in [-0.1, -0.05) is 30.3 Å². The van der Waals surface area contributed by atoms with Gasteiger partial charge in [-0.3, -0.25) is 4.79 Å². The maximum atomic E-state index is 13.0. The Kier molecular flexibility index (Phi) is 6.82. The lowest BCUT2D eigenvalue weighted by Crippen LogP contribution is -2.35. The van der Waals surface area contributed by atoms with Crippen molar-refractivity contribution in [1.82, 2.24) is 9.88 Å². The Bertz CT molecular complexity index is 1060. The van der Waals surface area contributed by atoms with E-state index >= 15 is 0 Å². The van der Waals surface area contributed by atoms with Gasteiger partial charge >= 0.3 is 6.18 Å². The molecule has 0 atom stereocenters. The molecule has 1 fully saturated rings. The average Bonchev–Trinajstić information content (AvgIpc) is 3.09. The van der Waals surface area contributed by atoms with E-state index in [-0.39, 0.29) is 5.91 Å². The fraction of sp³-hybridized carbons (Fsp3) is 0.280. The molecular formula is C25H24F3N3O2. The average molecular weight is 455 g/mol. The molecule has 0 bridgehead atoms. The molecule has 1 aromatic heterocycles. The fourth-order valence-corrected chi connectivity index (χ4v) is 3.71. The molecule has 2 heterocycles. The predicted molar refractivity (Wildman–Crippen MR) is 119 cm³/mol. The van der Waals surface area contributed by atoms with Gasteiger partial charge in [0, 0.05) is 37.9 Å². The van der Waals surface area contributed by atoms with Crippen molar-refractivity contribution in [2.75, 3.05) is 31.1 Å². The molecule has 8 heteroatoms. The number of aromatic nitrogens is 1. The minimum Gasteiger partial charge on any atom is -0.489 e. The molecule has 2 aromatic carbocycles. The molecule has 0 unspecified atom stereocenters. The Morgan fingerprint density at radius 1 is 0.909 bits per heavy atom. The van der Waals surface area contributed by atoms with Gasteiger partial charge in [0.15, 0.2) is 0 Å². The first-order valence-corrected chi connectivity index (χ1v) is 10.7. The van der Waals surface area contributed by atoms with Crippen LogP contribution in [0.2, 0.25) is 0 Å². The molecule has 1 aliphatic rings. The Morgan fingerprint density at radius 2 is 1.67 bits per heavy atom. The number of anilines is 1. The SMILES string of the molecule is O=C(c1ccc(OCc2ccccc2)cc1)N1CCCN(c2ccc(C(F)(F)F)cn2)CC1. The molecule has 1 saturated heterocycles. The second-order valence-electron chi connectivity index (χ2n) is 7.83. The number of hydrogen-bond donors (Lipinski definition) is 0. The van der Waals surface area contributed by atoms with Gasteiger partial charge in [0.1, 0.15) is 18.2 Å². The largest absolute Gasteiger partial charge is 0.489 e. The van der Waals surface area contributed by atoms with Crippen LogP contribution in [0.25, 0.3) is 0 Å². The van der Waals surface area contributed by atoms with Crippen molar-refractivity contribution in [1.29, 1.82) is 0 Å². The molecule has 0 spiro atoms. The van der Waals surface area contributed by atoms with Gasteiger partial charge in [0.05, 0.1) is 5.56 Å². The molecule has 4 rings (SSSR count). The number of halogens is 3. The summed E-state index contributed by atoms with van der Waals surface area (Å²) >= 11 is 0. The van der Waals surface area contributed by atoms with E-state index in [0.29, 0.717) is 56.3 Å². The van der Waals surface area contributed by atoms with Crippen molar-refractivity contribution in [2.24, 2.45) is 0 Å². The Balaban J connectivity index is 1.33. The standard InChI is InChI=1S/C25H24F3N3O2/c26-25(27,28)21-9-12-23(29-17-21)30-13-4-14-31(16-15-30)24(32)20-7-10-22(11-8-20)33-18-19-5-2-1-3-6-19/h1-3,5-12,17H,4,13-16,18H2. The summed E-state index contributed by atoms with van der Waals surface area (Å²) in [4.78, 5) is 20.6. The van der Waals surface area contributed by atoms with Gasteiger partial charge in [0.25, 0.3) is 5.91 Å². The van der Waals surface area contributed by atoms with Crippen LogP contribution in [0.3, 0.4) is 0 Å². The summed E-state index contributed by atoms with van der Waals surface area (Å²) in [7, 11) is 0.